The lowest BCUT2D eigenvalue weighted by molar-refractivity contribution is 0.213. The van der Waals surface area contributed by atoms with Crippen LogP contribution in [0, 0.1) is 11.8 Å². The summed E-state index contributed by atoms with van der Waals surface area (Å²) in [6.45, 7) is 4.68. The molecule has 0 saturated heterocycles. The van der Waals surface area contributed by atoms with Gasteiger partial charge in [-0.25, -0.2) is 0 Å². The van der Waals surface area contributed by atoms with Crippen molar-refractivity contribution in [1.29, 1.82) is 0 Å². The van der Waals surface area contributed by atoms with E-state index in [9.17, 15) is 0 Å². The van der Waals surface area contributed by atoms with E-state index >= 15 is 0 Å². The standard InChI is InChI=1S/C10H22O2Si/c1-8-5-6-9(2)10(7-8)13(11-3)12-4/h8-10,13H,5-7H2,1-4H3. The Morgan fingerprint density at radius 1 is 1.08 bits per heavy atom. The smallest absolute Gasteiger partial charge is 0.324 e. The third-order valence-electron chi connectivity index (χ3n) is 3.33. The highest BCUT2D eigenvalue weighted by Crippen LogP contribution is 2.39. The van der Waals surface area contributed by atoms with Crippen LogP contribution in [-0.4, -0.2) is 23.5 Å². The Kier molecular flexibility index (Phi) is 4.42. The second-order valence-corrected chi connectivity index (χ2v) is 6.94. The molecule has 0 radical (unpaired) electrons. The topological polar surface area (TPSA) is 18.5 Å². The summed E-state index contributed by atoms with van der Waals surface area (Å²) in [4.78, 5) is 0. The summed E-state index contributed by atoms with van der Waals surface area (Å²) < 4.78 is 10.9. The van der Waals surface area contributed by atoms with Crippen LogP contribution in [0.3, 0.4) is 0 Å². The first-order valence-electron chi connectivity index (χ1n) is 5.24. The van der Waals surface area contributed by atoms with Gasteiger partial charge < -0.3 is 8.85 Å². The molecule has 1 fully saturated rings. The lowest BCUT2D eigenvalue weighted by Gasteiger charge is -2.35. The third kappa shape index (κ3) is 2.79. The minimum atomic E-state index is -1.37. The first-order chi connectivity index (χ1) is 6.19. The van der Waals surface area contributed by atoms with Crippen LogP contribution in [-0.2, 0) is 8.85 Å². The summed E-state index contributed by atoms with van der Waals surface area (Å²) >= 11 is 0. The van der Waals surface area contributed by atoms with Crippen molar-refractivity contribution in [2.45, 2.75) is 38.7 Å². The summed E-state index contributed by atoms with van der Waals surface area (Å²) in [7, 11) is 2.23. The molecule has 3 atom stereocenters. The second kappa shape index (κ2) is 5.13. The van der Waals surface area contributed by atoms with Crippen molar-refractivity contribution >= 4 is 9.28 Å². The molecule has 0 heterocycles. The average molecular weight is 202 g/mol. The Bertz CT molecular complexity index is 148. The fraction of sp³-hybridized carbons (Fsp3) is 1.00. The molecular formula is C10H22O2Si. The Hall–Kier alpha value is 0.137. The van der Waals surface area contributed by atoms with Gasteiger partial charge in [0.25, 0.3) is 0 Å². The quantitative estimate of drug-likeness (QED) is 0.654. The van der Waals surface area contributed by atoms with Gasteiger partial charge in [-0.1, -0.05) is 26.7 Å². The monoisotopic (exact) mass is 202 g/mol. The maximum atomic E-state index is 5.47. The maximum absolute atomic E-state index is 5.47. The minimum absolute atomic E-state index is 0.721. The normalized spacial score (nSPS) is 35.3. The lowest BCUT2D eigenvalue weighted by atomic mass is 9.83. The van der Waals surface area contributed by atoms with E-state index in [2.05, 4.69) is 13.8 Å². The first kappa shape index (κ1) is 11.2. The van der Waals surface area contributed by atoms with Crippen LogP contribution >= 0.6 is 0 Å². The summed E-state index contributed by atoms with van der Waals surface area (Å²) in [5.74, 6) is 1.66. The first-order valence-corrected chi connectivity index (χ1v) is 6.85. The van der Waals surface area contributed by atoms with Gasteiger partial charge in [-0.05, 0) is 18.3 Å². The molecule has 0 amide bonds. The van der Waals surface area contributed by atoms with E-state index in [4.69, 9.17) is 8.85 Å². The molecule has 1 saturated carbocycles. The SMILES string of the molecule is CO[SiH](OC)C1CC(C)CCC1C. The van der Waals surface area contributed by atoms with Crippen molar-refractivity contribution in [3.8, 4) is 0 Å². The van der Waals surface area contributed by atoms with Crippen molar-refractivity contribution < 1.29 is 8.85 Å². The van der Waals surface area contributed by atoms with Crippen molar-refractivity contribution in [3.63, 3.8) is 0 Å². The molecule has 3 unspecified atom stereocenters. The molecule has 0 aromatic rings. The van der Waals surface area contributed by atoms with Crippen molar-refractivity contribution in [2.75, 3.05) is 14.2 Å². The molecule has 3 heteroatoms. The lowest BCUT2D eigenvalue weighted by Crippen LogP contribution is -2.34. The minimum Gasteiger partial charge on any atom is -0.400 e. The van der Waals surface area contributed by atoms with Gasteiger partial charge in [-0.15, -0.1) is 0 Å². The third-order valence-corrected chi connectivity index (χ3v) is 5.89. The van der Waals surface area contributed by atoms with Gasteiger partial charge >= 0.3 is 9.28 Å². The second-order valence-electron chi connectivity index (χ2n) is 4.40. The maximum Gasteiger partial charge on any atom is 0.324 e. The molecule has 0 spiro atoms. The van der Waals surface area contributed by atoms with Crippen molar-refractivity contribution in [1.82, 2.24) is 0 Å². The summed E-state index contributed by atoms with van der Waals surface area (Å²) in [5.41, 5.74) is 0.721. The van der Waals surface area contributed by atoms with Crippen molar-refractivity contribution in [3.05, 3.63) is 0 Å². The molecule has 78 valence electrons. The molecule has 0 aliphatic heterocycles. The number of rotatable bonds is 3. The van der Waals surface area contributed by atoms with Crippen LogP contribution in [0.25, 0.3) is 0 Å². The van der Waals surface area contributed by atoms with Crippen LogP contribution in [0.4, 0.5) is 0 Å². The van der Waals surface area contributed by atoms with Crippen LogP contribution in [0.2, 0.25) is 5.54 Å². The predicted molar refractivity (Wildman–Crippen MR) is 57.1 cm³/mol. The number of hydrogen-bond donors (Lipinski definition) is 0. The van der Waals surface area contributed by atoms with Gasteiger partial charge in [0.2, 0.25) is 0 Å². The zero-order valence-electron chi connectivity index (χ0n) is 9.25. The van der Waals surface area contributed by atoms with Gasteiger partial charge in [0, 0.05) is 19.8 Å². The van der Waals surface area contributed by atoms with Crippen LogP contribution < -0.4 is 0 Å². The summed E-state index contributed by atoms with van der Waals surface area (Å²) in [5, 5.41) is 0. The zero-order chi connectivity index (χ0) is 9.84. The Balaban J connectivity index is 2.53. The summed E-state index contributed by atoms with van der Waals surface area (Å²) in [6, 6.07) is 0. The summed E-state index contributed by atoms with van der Waals surface area (Å²) in [6.07, 6.45) is 4.04. The Labute approximate surface area is 83.5 Å². The van der Waals surface area contributed by atoms with E-state index in [1.54, 1.807) is 14.2 Å². The highest BCUT2D eigenvalue weighted by atomic mass is 28.3. The van der Waals surface area contributed by atoms with E-state index in [0.717, 1.165) is 17.4 Å². The molecule has 1 rings (SSSR count). The van der Waals surface area contributed by atoms with E-state index in [1.165, 1.54) is 19.3 Å². The number of hydrogen-bond acceptors (Lipinski definition) is 2. The molecular weight excluding hydrogens is 180 g/mol. The molecule has 0 bridgehead atoms. The average Bonchev–Trinajstić information content (AvgIpc) is 2.13. The van der Waals surface area contributed by atoms with Gasteiger partial charge in [0.1, 0.15) is 0 Å². The molecule has 1 aliphatic rings. The highest BCUT2D eigenvalue weighted by molar-refractivity contribution is 6.46. The molecule has 1 aliphatic carbocycles. The van der Waals surface area contributed by atoms with Crippen LogP contribution in [0.1, 0.15) is 33.1 Å². The van der Waals surface area contributed by atoms with E-state index in [1.807, 2.05) is 0 Å². The van der Waals surface area contributed by atoms with E-state index in [-0.39, 0.29) is 0 Å². The van der Waals surface area contributed by atoms with Gasteiger partial charge in [0.05, 0.1) is 0 Å². The molecule has 0 N–H and O–H groups in total. The zero-order valence-corrected chi connectivity index (χ0v) is 10.4. The van der Waals surface area contributed by atoms with Gasteiger partial charge in [-0.2, -0.15) is 0 Å². The van der Waals surface area contributed by atoms with E-state index in [0.29, 0.717) is 0 Å². The molecule has 0 aromatic heterocycles. The fourth-order valence-corrected chi connectivity index (χ4v) is 4.71. The van der Waals surface area contributed by atoms with Gasteiger partial charge in [0.15, 0.2) is 0 Å². The van der Waals surface area contributed by atoms with E-state index < -0.39 is 9.28 Å². The van der Waals surface area contributed by atoms with Crippen LogP contribution in [0.15, 0.2) is 0 Å². The Morgan fingerprint density at radius 3 is 2.23 bits per heavy atom. The fourth-order valence-electron chi connectivity index (χ4n) is 2.40. The largest absolute Gasteiger partial charge is 0.400 e. The molecule has 13 heavy (non-hydrogen) atoms. The highest BCUT2D eigenvalue weighted by Gasteiger charge is 2.34. The predicted octanol–water partition coefficient (Wildman–Crippen LogP) is 2.33. The van der Waals surface area contributed by atoms with Crippen LogP contribution in [0.5, 0.6) is 0 Å². The van der Waals surface area contributed by atoms with Crippen molar-refractivity contribution in [2.24, 2.45) is 11.8 Å². The molecule has 0 aromatic carbocycles. The molecule has 2 nitrogen and oxygen atoms in total. The Morgan fingerprint density at radius 2 is 1.69 bits per heavy atom. The van der Waals surface area contributed by atoms with Gasteiger partial charge in [-0.3, -0.25) is 0 Å².